The Bertz CT molecular complexity index is 638. The number of nitrogens with two attached hydrogens (primary N) is 1. The number of carboxylic acids is 2. The molecule has 0 heterocycles. The van der Waals surface area contributed by atoms with E-state index in [0.29, 0.717) is 6.42 Å². The molecule has 30 heavy (non-hydrogen) atoms. The van der Waals surface area contributed by atoms with Crippen molar-refractivity contribution in [2.75, 3.05) is 0 Å². The van der Waals surface area contributed by atoms with Gasteiger partial charge in [-0.3, -0.25) is 19.2 Å². The van der Waals surface area contributed by atoms with E-state index in [4.69, 9.17) is 10.8 Å². The first kappa shape index (κ1) is 27.3. The third-order valence-electron chi connectivity index (χ3n) is 4.78. The maximum atomic E-state index is 12.6. The van der Waals surface area contributed by atoms with Crippen molar-refractivity contribution in [2.45, 2.75) is 78.0 Å². The van der Waals surface area contributed by atoms with Gasteiger partial charge >= 0.3 is 11.9 Å². The van der Waals surface area contributed by atoms with Gasteiger partial charge in [-0.25, -0.2) is 4.79 Å². The lowest BCUT2D eigenvalue weighted by molar-refractivity contribution is -0.144. The Hall–Kier alpha value is -2.69. The minimum Gasteiger partial charge on any atom is -0.481 e. The van der Waals surface area contributed by atoms with Crippen LogP contribution in [-0.2, 0) is 24.0 Å². The molecule has 11 heteroatoms. The number of rotatable bonds is 13. The highest BCUT2D eigenvalue weighted by Gasteiger charge is 2.32. The molecule has 0 saturated carbocycles. The summed E-state index contributed by atoms with van der Waals surface area (Å²) in [5, 5.41) is 25.3. The van der Waals surface area contributed by atoms with Crippen molar-refractivity contribution < 1.29 is 34.2 Å². The molecule has 0 radical (unpaired) electrons. The van der Waals surface area contributed by atoms with Crippen molar-refractivity contribution in [3.8, 4) is 0 Å². The van der Waals surface area contributed by atoms with Gasteiger partial charge < -0.3 is 31.9 Å². The molecule has 0 rings (SSSR count). The van der Waals surface area contributed by atoms with Gasteiger partial charge in [-0.1, -0.05) is 34.1 Å². The number of carbonyl (C=O) groups excluding carboxylic acids is 3. The Kier molecular flexibility index (Phi) is 11.6. The Balaban J connectivity index is 5.09. The summed E-state index contributed by atoms with van der Waals surface area (Å²) in [6, 6.07) is -4.23. The second kappa shape index (κ2) is 12.8. The van der Waals surface area contributed by atoms with Crippen LogP contribution in [0.1, 0.15) is 53.9 Å². The third kappa shape index (κ3) is 9.21. The lowest BCUT2D eigenvalue weighted by atomic mass is 9.96. The van der Waals surface area contributed by atoms with E-state index < -0.39 is 53.8 Å². The summed E-state index contributed by atoms with van der Waals surface area (Å²) < 4.78 is 0. The second-order valence-electron chi connectivity index (χ2n) is 7.71. The number of carboxylic acid groups (broad SMARTS) is 2. The molecule has 0 fully saturated rings. The van der Waals surface area contributed by atoms with E-state index in [1.807, 2.05) is 6.92 Å². The molecule has 172 valence electrons. The second-order valence-corrected chi connectivity index (χ2v) is 7.71. The highest BCUT2D eigenvalue weighted by Crippen LogP contribution is 2.10. The summed E-state index contributed by atoms with van der Waals surface area (Å²) >= 11 is 0. The fourth-order valence-corrected chi connectivity index (χ4v) is 2.53. The van der Waals surface area contributed by atoms with Crippen LogP contribution in [0.15, 0.2) is 0 Å². The summed E-state index contributed by atoms with van der Waals surface area (Å²) in [5.41, 5.74) is 5.62. The minimum atomic E-state index is -1.18. The van der Waals surface area contributed by atoms with Crippen LogP contribution in [0.4, 0.5) is 0 Å². The van der Waals surface area contributed by atoms with Gasteiger partial charge in [0, 0.05) is 6.42 Å². The van der Waals surface area contributed by atoms with Gasteiger partial charge in [0.15, 0.2) is 0 Å². The van der Waals surface area contributed by atoms with E-state index in [-0.39, 0.29) is 24.7 Å². The first-order valence-electron chi connectivity index (χ1n) is 9.93. The zero-order chi connectivity index (χ0) is 23.6. The van der Waals surface area contributed by atoms with Crippen LogP contribution in [0, 0.1) is 11.8 Å². The monoisotopic (exact) mass is 430 g/mol. The molecule has 0 aromatic heterocycles. The van der Waals surface area contributed by atoms with E-state index in [1.54, 1.807) is 20.8 Å². The van der Waals surface area contributed by atoms with Gasteiger partial charge in [-0.2, -0.15) is 0 Å². The average Bonchev–Trinajstić information content (AvgIpc) is 2.66. The number of amides is 3. The van der Waals surface area contributed by atoms with Gasteiger partial charge in [-0.05, 0) is 25.2 Å². The SMILES string of the molecule is CCC(C)C(NC(=O)C(C)NC(=O)C(N)CCC(=O)O)C(=O)NC(C(=O)O)C(C)C. The molecule has 0 bridgehead atoms. The zero-order valence-electron chi connectivity index (χ0n) is 18.1. The first-order chi connectivity index (χ1) is 13.8. The molecule has 0 aliphatic rings. The maximum absolute atomic E-state index is 12.6. The predicted molar refractivity (Wildman–Crippen MR) is 108 cm³/mol. The van der Waals surface area contributed by atoms with Crippen LogP contribution in [-0.4, -0.2) is 64.0 Å². The smallest absolute Gasteiger partial charge is 0.326 e. The van der Waals surface area contributed by atoms with Crippen molar-refractivity contribution in [3.05, 3.63) is 0 Å². The van der Waals surface area contributed by atoms with Gasteiger partial charge in [0.05, 0.1) is 6.04 Å². The molecule has 0 aliphatic heterocycles. The van der Waals surface area contributed by atoms with E-state index >= 15 is 0 Å². The van der Waals surface area contributed by atoms with Crippen molar-refractivity contribution in [2.24, 2.45) is 17.6 Å². The molecule has 5 atom stereocenters. The Morgan fingerprint density at radius 3 is 1.80 bits per heavy atom. The molecule has 0 aliphatic carbocycles. The first-order valence-corrected chi connectivity index (χ1v) is 9.93. The predicted octanol–water partition coefficient (Wildman–Crippen LogP) is -0.560. The zero-order valence-corrected chi connectivity index (χ0v) is 18.1. The Morgan fingerprint density at radius 1 is 0.833 bits per heavy atom. The minimum absolute atomic E-state index is 0.0841. The van der Waals surface area contributed by atoms with E-state index in [2.05, 4.69) is 16.0 Å². The summed E-state index contributed by atoms with van der Waals surface area (Å²) in [4.78, 5) is 59.1. The number of nitrogens with one attached hydrogen (secondary N) is 3. The van der Waals surface area contributed by atoms with Crippen molar-refractivity contribution in [1.82, 2.24) is 16.0 Å². The van der Waals surface area contributed by atoms with Crippen LogP contribution >= 0.6 is 0 Å². The summed E-state index contributed by atoms with van der Waals surface area (Å²) in [6.07, 6.45) is 0.170. The third-order valence-corrected chi connectivity index (χ3v) is 4.78. The van der Waals surface area contributed by atoms with Crippen LogP contribution in [0.5, 0.6) is 0 Å². The number of hydrogen-bond acceptors (Lipinski definition) is 6. The lowest BCUT2D eigenvalue weighted by Crippen LogP contribution is -2.58. The summed E-state index contributed by atoms with van der Waals surface area (Å²) in [7, 11) is 0. The van der Waals surface area contributed by atoms with Gasteiger partial charge in [-0.15, -0.1) is 0 Å². The maximum Gasteiger partial charge on any atom is 0.326 e. The molecular formula is C19H34N4O7. The summed E-state index contributed by atoms with van der Waals surface area (Å²) in [5.74, 6) is -4.88. The van der Waals surface area contributed by atoms with E-state index in [9.17, 15) is 29.1 Å². The fourth-order valence-electron chi connectivity index (χ4n) is 2.53. The molecule has 11 nitrogen and oxygen atoms in total. The van der Waals surface area contributed by atoms with E-state index in [1.165, 1.54) is 6.92 Å². The van der Waals surface area contributed by atoms with Crippen LogP contribution in [0.3, 0.4) is 0 Å². The van der Waals surface area contributed by atoms with E-state index in [0.717, 1.165) is 0 Å². The van der Waals surface area contributed by atoms with Crippen LogP contribution in [0.25, 0.3) is 0 Å². The largest absolute Gasteiger partial charge is 0.481 e. The number of aliphatic carboxylic acids is 2. The molecule has 0 aromatic carbocycles. The van der Waals surface area contributed by atoms with Crippen molar-refractivity contribution in [1.29, 1.82) is 0 Å². The molecule has 0 saturated heterocycles. The van der Waals surface area contributed by atoms with Crippen molar-refractivity contribution >= 4 is 29.7 Å². The summed E-state index contributed by atoms with van der Waals surface area (Å²) in [6.45, 7) is 8.26. The lowest BCUT2D eigenvalue weighted by Gasteiger charge is -2.28. The highest BCUT2D eigenvalue weighted by atomic mass is 16.4. The normalized spacial score (nSPS) is 16.0. The topological polar surface area (TPSA) is 188 Å². The van der Waals surface area contributed by atoms with Gasteiger partial charge in [0.2, 0.25) is 17.7 Å². The molecule has 0 aromatic rings. The van der Waals surface area contributed by atoms with Gasteiger partial charge in [0.25, 0.3) is 0 Å². The Morgan fingerprint density at radius 2 is 1.37 bits per heavy atom. The van der Waals surface area contributed by atoms with Crippen LogP contribution < -0.4 is 21.7 Å². The fraction of sp³-hybridized carbons (Fsp3) is 0.737. The van der Waals surface area contributed by atoms with Crippen LogP contribution in [0.2, 0.25) is 0 Å². The molecular weight excluding hydrogens is 396 g/mol. The van der Waals surface area contributed by atoms with Crippen molar-refractivity contribution in [3.63, 3.8) is 0 Å². The van der Waals surface area contributed by atoms with Gasteiger partial charge in [0.1, 0.15) is 18.1 Å². The Labute approximate surface area is 176 Å². The number of carbonyl (C=O) groups is 5. The molecule has 7 N–H and O–H groups in total. The number of hydrogen-bond donors (Lipinski definition) is 6. The molecule has 3 amide bonds. The molecule has 5 unspecified atom stereocenters. The quantitative estimate of drug-likeness (QED) is 0.224. The standard InChI is InChI=1S/C19H34N4O7/c1-6-10(4)15(18(28)22-14(9(2)3)19(29)30)23-16(26)11(5)21-17(27)12(20)7-8-13(24)25/h9-12,14-15H,6-8,20H2,1-5H3,(H,21,27)(H,22,28)(H,23,26)(H,24,25)(H,29,30). The average molecular weight is 431 g/mol. The molecule has 0 spiro atoms. The highest BCUT2D eigenvalue weighted by molar-refractivity contribution is 5.94.